The predicted molar refractivity (Wildman–Crippen MR) is 125 cm³/mol. The summed E-state index contributed by atoms with van der Waals surface area (Å²) in [6.45, 7) is 1.36. The molecule has 0 aromatic carbocycles. The number of hydrogen-bond donors (Lipinski definition) is 1. The van der Waals surface area contributed by atoms with Gasteiger partial charge in [-0.2, -0.15) is 10.4 Å². The number of aromatic nitrogens is 4. The van der Waals surface area contributed by atoms with Gasteiger partial charge < -0.3 is 9.64 Å². The lowest BCUT2D eigenvalue weighted by Crippen LogP contribution is -2.78. The molecule has 3 fully saturated rings. The molecule has 4 aromatic rings. The number of anilines is 1. The topological polar surface area (TPSA) is 108 Å². The zero-order valence-corrected chi connectivity index (χ0v) is 18.5. The fourth-order valence-corrected chi connectivity index (χ4v) is 4.97. The largest absolute Gasteiger partial charge is 0.481 e. The van der Waals surface area contributed by atoms with Gasteiger partial charge in [0.2, 0.25) is 5.88 Å². The number of piperidine rings is 1. The fraction of sp³-hybridized carbons (Fsp3) is 0.240. The minimum atomic E-state index is -0.622. The van der Waals surface area contributed by atoms with Crippen LogP contribution in [0.4, 0.5) is 5.82 Å². The third-order valence-corrected chi connectivity index (χ3v) is 6.66. The van der Waals surface area contributed by atoms with E-state index in [1.54, 1.807) is 36.2 Å². The number of nitriles is 1. The van der Waals surface area contributed by atoms with E-state index in [1.165, 1.54) is 0 Å². The lowest BCUT2D eigenvalue weighted by molar-refractivity contribution is 0.0592. The second kappa shape index (κ2) is 7.64. The van der Waals surface area contributed by atoms with Gasteiger partial charge in [0, 0.05) is 60.5 Å². The van der Waals surface area contributed by atoms with E-state index in [9.17, 15) is 10.1 Å². The van der Waals surface area contributed by atoms with Crippen LogP contribution in [-0.2, 0) is 0 Å². The molecule has 0 radical (unpaired) electrons. The summed E-state index contributed by atoms with van der Waals surface area (Å²) in [5, 5.41) is 16.9. The predicted octanol–water partition coefficient (Wildman–Crippen LogP) is 2.48. The van der Waals surface area contributed by atoms with Gasteiger partial charge >= 0.3 is 0 Å². The van der Waals surface area contributed by atoms with Gasteiger partial charge in [0.05, 0.1) is 24.4 Å². The highest BCUT2D eigenvalue weighted by atomic mass is 16.5. The van der Waals surface area contributed by atoms with Gasteiger partial charge in [-0.15, -0.1) is 0 Å². The summed E-state index contributed by atoms with van der Waals surface area (Å²) >= 11 is 0. The van der Waals surface area contributed by atoms with E-state index in [2.05, 4.69) is 26.4 Å². The molecule has 2 unspecified atom stereocenters. The number of carbonyl (C=O) groups excluding carboxylic acids is 1. The second-order valence-corrected chi connectivity index (χ2v) is 8.75. The second-order valence-electron chi connectivity index (χ2n) is 8.75. The number of fused-ring (bicyclic) bond motifs is 3. The Morgan fingerprint density at radius 1 is 1.15 bits per heavy atom. The molecule has 2 atom stereocenters. The van der Waals surface area contributed by atoms with E-state index in [4.69, 9.17) is 9.72 Å². The Balaban J connectivity index is 1.22. The first-order valence-corrected chi connectivity index (χ1v) is 11.0. The van der Waals surface area contributed by atoms with Crippen molar-refractivity contribution in [2.75, 3.05) is 25.1 Å². The number of carbonyl (C=O) groups is 1. The van der Waals surface area contributed by atoms with Crippen molar-refractivity contribution in [2.24, 2.45) is 0 Å². The van der Waals surface area contributed by atoms with Crippen molar-refractivity contribution in [1.29, 1.82) is 5.26 Å². The van der Waals surface area contributed by atoms with Crippen molar-refractivity contribution in [2.45, 2.75) is 18.0 Å². The molecule has 2 bridgehead atoms. The Morgan fingerprint density at radius 3 is 2.71 bits per heavy atom. The van der Waals surface area contributed by atoms with Crippen molar-refractivity contribution in [3.05, 3.63) is 72.3 Å². The van der Waals surface area contributed by atoms with E-state index >= 15 is 0 Å². The highest BCUT2D eigenvalue weighted by molar-refractivity contribution is 6.04. The Bertz CT molecular complexity index is 1430. The van der Waals surface area contributed by atoms with Crippen molar-refractivity contribution in [3.63, 3.8) is 0 Å². The Morgan fingerprint density at radius 2 is 2.00 bits per heavy atom. The summed E-state index contributed by atoms with van der Waals surface area (Å²) in [6.07, 6.45) is 7.67. The quantitative estimate of drug-likeness (QED) is 0.461. The molecule has 3 aliphatic rings. The van der Waals surface area contributed by atoms with E-state index in [1.807, 2.05) is 36.7 Å². The maximum absolute atomic E-state index is 13.3. The molecule has 1 N–H and O–H groups in total. The van der Waals surface area contributed by atoms with Crippen molar-refractivity contribution >= 4 is 17.1 Å². The molecule has 0 amide bonds. The zero-order chi connectivity index (χ0) is 23.3. The number of nitrogens with zero attached hydrogens (tertiary/aromatic N) is 6. The monoisotopic (exact) mass is 451 g/mol. The number of ether oxygens (including phenoxy) is 1. The van der Waals surface area contributed by atoms with Crippen LogP contribution in [0.25, 0.3) is 16.6 Å². The SMILES string of the molecule is COc1ccc(C(=O)C23CC(CN(c4ccc(-c5ccc6c(C#N)cnn6c5)cn4)C2)N3)cn1. The highest BCUT2D eigenvalue weighted by Crippen LogP contribution is 2.36. The summed E-state index contributed by atoms with van der Waals surface area (Å²) in [4.78, 5) is 24.3. The number of rotatable bonds is 5. The summed E-state index contributed by atoms with van der Waals surface area (Å²) in [7, 11) is 1.55. The van der Waals surface area contributed by atoms with Crippen LogP contribution in [0, 0.1) is 11.3 Å². The summed E-state index contributed by atoms with van der Waals surface area (Å²) in [5.41, 5.74) is 3.19. The molecule has 9 heteroatoms. The molecule has 0 aliphatic carbocycles. The van der Waals surface area contributed by atoms with Gasteiger partial charge in [0.25, 0.3) is 0 Å². The van der Waals surface area contributed by atoms with Gasteiger partial charge in [-0.25, -0.2) is 14.5 Å². The van der Waals surface area contributed by atoms with Crippen molar-refractivity contribution in [3.8, 4) is 23.1 Å². The summed E-state index contributed by atoms with van der Waals surface area (Å²) in [5.74, 6) is 1.37. The molecular formula is C25H21N7O2. The smallest absolute Gasteiger partial charge is 0.212 e. The molecular weight excluding hydrogens is 430 g/mol. The van der Waals surface area contributed by atoms with Gasteiger partial charge in [-0.3, -0.25) is 10.1 Å². The number of nitrogens with one attached hydrogen (secondary N) is 1. The normalized spacial score (nSPS) is 21.1. The molecule has 3 saturated heterocycles. The lowest BCUT2D eigenvalue weighted by atomic mass is 9.72. The van der Waals surface area contributed by atoms with E-state index in [0.717, 1.165) is 35.4 Å². The minimum Gasteiger partial charge on any atom is -0.481 e. The molecule has 168 valence electrons. The van der Waals surface area contributed by atoms with Crippen LogP contribution in [0.2, 0.25) is 0 Å². The number of piperazine rings is 1. The number of Topliss-reactive ketones (excluding diaryl/α,β-unsaturated/α-hetero) is 1. The standard InChI is InChI=1S/C25H21N7O2/c1-34-23-7-4-17(11-28-23)24(33)25-8-20(30-25)14-31(15-25)22-6-3-16(10-27-22)18-2-5-21-19(9-26)12-29-32(21)13-18/h2-7,10-13,20,30H,8,14-15H2,1H3. The third kappa shape index (κ3) is 3.19. The minimum absolute atomic E-state index is 0.0458. The average Bonchev–Trinajstić information content (AvgIpc) is 3.30. The van der Waals surface area contributed by atoms with E-state index in [-0.39, 0.29) is 11.8 Å². The van der Waals surface area contributed by atoms with Crippen molar-refractivity contribution in [1.82, 2.24) is 24.9 Å². The molecule has 9 nitrogen and oxygen atoms in total. The number of ketones is 1. The zero-order valence-electron chi connectivity index (χ0n) is 18.5. The molecule has 0 spiro atoms. The maximum Gasteiger partial charge on any atom is 0.212 e. The Kier molecular flexibility index (Phi) is 4.57. The summed E-state index contributed by atoms with van der Waals surface area (Å²) in [6, 6.07) is 13.7. The van der Waals surface area contributed by atoms with Crippen LogP contribution in [0.1, 0.15) is 22.3 Å². The number of methoxy groups -OCH3 is 1. The lowest BCUT2D eigenvalue weighted by Gasteiger charge is -2.56. The van der Waals surface area contributed by atoms with Crippen molar-refractivity contribution < 1.29 is 9.53 Å². The van der Waals surface area contributed by atoms with E-state index in [0.29, 0.717) is 23.6 Å². The Hall–Kier alpha value is -4.29. The molecule has 3 aliphatic heterocycles. The Labute approximate surface area is 195 Å². The maximum atomic E-state index is 13.3. The van der Waals surface area contributed by atoms with Crippen LogP contribution in [-0.4, -0.2) is 57.1 Å². The van der Waals surface area contributed by atoms with Crippen LogP contribution in [0.3, 0.4) is 0 Å². The van der Waals surface area contributed by atoms with Crippen LogP contribution < -0.4 is 15.0 Å². The van der Waals surface area contributed by atoms with Gasteiger partial charge in [-0.05, 0) is 30.7 Å². The first-order chi connectivity index (χ1) is 16.6. The molecule has 7 rings (SSSR count). The number of pyridine rings is 3. The van der Waals surface area contributed by atoms with Gasteiger partial charge in [0.1, 0.15) is 17.4 Å². The molecule has 0 saturated carbocycles. The number of hydrogen-bond acceptors (Lipinski definition) is 8. The van der Waals surface area contributed by atoms with Crippen LogP contribution >= 0.6 is 0 Å². The first kappa shape index (κ1) is 20.3. The first-order valence-electron chi connectivity index (χ1n) is 11.0. The third-order valence-electron chi connectivity index (χ3n) is 6.66. The van der Waals surface area contributed by atoms with Crippen LogP contribution in [0.5, 0.6) is 5.88 Å². The average molecular weight is 451 g/mol. The molecule has 34 heavy (non-hydrogen) atoms. The van der Waals surface area contributed by atoms with E-state index < -0.39 is 5.54 Å². The molecule has 7 heterocycles. The van der Waals surface area contributed by atoms with Crippen LogP contribution in [0.15, 0.2) is 61.2 Å². The van der Waals surface area contributed by atoms with Gasteiger partial charge in [0.15, 0.2) is 5.78 Å². The highest BCUT2D eigenvalue weighted by Gasteiger charge is 2.54. The fourth-order valence-electron chi connectivity index (χ4n) is 4.97. The molecule has 4 aromatic heterocycles. The summed E-state index contributed by atoms with van der Waals surface area (Å²) < 4.78 is 6.80. The van der Waals surface area contributed by atoms with Gasteiger partial charge in [-0.1, -0.05) is 6.07 Å².